The average molecular weight is 279 g/mol. The fraction of sp³-hybridized carbons (Fsp3) is 0.667. The molecule has 1 amide bonds. The van der Waals surface area contributed by atoms with Gasteiger partial charge in [-0.1, -0.05) is 13.0 Å². The van der Waals surface area contributed by atoms with Crippen LogP contribution >= 0.6 is 11.3 Å². The van der Waals surface area contributed by atoms with Crippen molar-refractivity contribution >= 4 is 17.2 Å². The molecular formula is C15H21NO2S. The monoisotopic (exact) mass is 279 g/mol. The van der Waals surface area contributed by atoms with Gasteiger partial charge in [0.1, 0.15) is 0 Å². The van der Waals surface area contributed by atoms with Crippen LogP contribution in [0.15, 0.2) is 17.5 Å². The van der Waals surface area contributed by atoms with Crippen molar-refractivity contribution in [3.05, 3.63) is 22.4 Å². The van der Waals surface area contributed by atoms with Crippen LogP contribution in [0.3, 0.4) is 0 Å². The van der Waals surface area contributed by atoms with Gasteiger partial charge in [0.2, 0.25) is 0 Å². The van der Waals surface area contributed by atoms with Gasteiger partial charge in [-0.15, -0.1) is 11.3 Å². The Bertz CT molecular complexity index is 458. The summed E-state index contributed by atoms with van der Waals surface area (Å²) in [6.07, 6.45) is 4.80. The molecule has 1 spiro atoms. The number of amides is 1. The van der Waals surface area contributed by atoms with Gasteiger partial charge >= 0.3 is 0 Å². The van der Waals surface area contributed by atoms with Crippen molar-refractivity contribution in [2.75, 3.05) is 13.1 Å². The fourth-order valence-electron chi connectivity index (χ4n) is 3.73. The molecule has 0 aromatic carbocycles. The van der Waals surface area contributed by atoms with Gasteiger partial charge < -0.3 is 10.0 Å². The van der Waals surface area contributed by atoms with Gasteiger partial charge in [0, 0.05) is 18.5 Å². The third-order valence-corrected chi connectivity index (χ3v) is 6.19. The molecule has 3 rings (SSSR count). The van der Waals surface area contributed by atoms with E-state index in [0.717, 1.165) is 50.1 Å². The van der Waals surface area contributed by atoms with Crippen LogP contribution in [0.1, 0.15) is 48.7 Å². The van der Waals surface area contributed by atoms with E-state index in [9.17, 15) is 9.90 Å². The van der Waals surface area contributed by atoms with E-state index in [0.29, 0.717) is 0 Å². The highest BCUT2D eigenvalue weighted by Gasteiger charge is 2.57. The molecule has 1 aromatic rings. The second kappa shape index (κ2) is 4.60. The lowest BCUT2D eigenvalue weighted by Gasteiger charge is -2.59. The summed E-state index contributed by atoms with van der Waals surface area (Å²) >= 11 is 1.51. The molecule has 0 bridgehead atoms. The van der Waals surface area contributed by atoms with E-state index in [4.69, 9.17) is 0 Å². The van der Waals surface area contributed by atoms with E-state index in [2.05, 4.69) is 6.92 Å². The minimum atomic E-state index is -0.467. The number of likely N-dealkylation sites (tertiary alicyclic amines) is 1. The minimum Gasteiger partial charge on any atom is -0.389 e. The number of hydrogen-bond donors (Lipinski definition) is 1. The molecule has 1 saturated carbocycles. The minimum absolute atomic E-state index is 0.0912. The van der Waals surface area contributed by atoms with Gasteiger partial charge in [-0.3, -0.25) is 4.79 Å². The Kier molecular flexibility index (Phi) is 3.18. The normalized spacial score (nSPS) is 29.3. The Morgan fingerprint density at radius 1 is 1.37 bits per heavy atom. The highest BCUT2D eigenvalue weighted by atomic mass is 32.1. The molecule has 1 N–H and O–H groups in total. The summed E-state index contributed by atoms with van der Waals surface area (Å²) in [5.41, 5.74) is -0.376. The zero-order valence-corrected chi connectivity index (χ0v) is 12.2. The van der Waals surface area contributed by atoms with Crippen molar-refractivity contribution in [2.45, 2.75) is 44.6 Å². The van der Waals surface area contributed by atoms with E-state index in [-0.39, 0.29) is 11.3 Å². The Balaban J connectivity index is 1.66. The van der Waals surface area contributed by atoms with E-state index in [1.807, 2.05) is 22.4 Å². The average Bonchev–Trinajstić information content (AvgIpc) is 2.98. The molecule has 1 aliphatic carbocycles. The molecule has 1 aromatic heterocycles. The van der Waals surface area contributed by atoms with Crippen LogP contribution in [0, 0.1) is 5.41 Å². The zero-order chi connectivity index (χ0) is 13.5. The van der Waals surface area contributed by atoms with Crippen LogP contribution in [0.5, 0.6) is 0 Å². The highest BCUT2D eigenvalue weighted by molar-refractivity contribution is 7.12. The first kappa shape index (κ1) is 13.1. The molecule has 1 aliphatic heterocycles. The number of aliphatic hydroxyl groups is 1. The molecule has 2 heterocycles. The summed E-state index contributed by atoms with van der Waals surface area (Å²) in [5.74, 6) is 0.157. The van der Waals surface area contributed by atoms with Crippen molar-refractivity contribution in [3.8, 4) is 0 Å². The smallest absolute Gasteiger partial charge is 0.263 e. The van der Waals surface area contributed by atoms with Crippen LogP contribution in [0.4, 0.5) is 0 Å². The van der Waals surface area contributed by atoms with Crippen LogP contribution in [0.25, 0.3) is 0 Å². The zero-order valence-electron chi connectivity index (χ0n) is 11.4. The van der Waals surface area contributed by atoms with Crippen molar-refractivity contribution in [1.29, 1.82) is 0 Å². The van der Waals surface area contributed by atoms with Crippen LogP contribution in [0.2, 0.25) is 0 Å². The van der Waals surface area contributed by atoms with Crippen molar-refractivity contribution in [2.24, 2.45) is 5.41 Å². The summed E-state index contributed by atoms with van der Waals surface area (Å²) in [6, 6.07) is 3.81. The number of carbonyl (C=O) groups excluding carboxylic acids is 1. The van der Waals surface area contributed by atoms with E-state index in [1.54, 1.807) is 0 Å². The van der Waals surface area contributed by atoms with Crippen molar-refractivity contribution in [3.63, 3.8) is 0 Å². The van der Waals surface area contributed by atoms with Gasteiger partial charge in [0.15, 0.2) is 0 Å². The lowest BCUT2D eigenvalue weighted by Crippen LogP contribution is -2.61. The molecule has 2 aliphatic rings. The van der Waals surface area contributed by atoms with Gasteiger partial charge in [0.25, 0.3) is 5.91 Å². The second-order valence-electron chi connectivity index (χ2n) is 5.93. The lowest BCUT2D eigenvalue weighted by atomic mass is 9.51. The number of nitrogens with zero attached hydrogens (tertiary/aromatic N) is 1. The van der Waals surface area contributed by atoms with Gasteiger partial charge in [-0.2, -0.15) is 0 Å². The molecular weight excluding hydrogens is 258 g/mol. The van der Waals surface area contributed by atoms with Crippen LogP contribution in [-0.4, -0.2) is 34.6 Å². The number of carbonyl (C=O) groups is 1. The quantitative estimate of drug-likeness (QED) is 0.904. The number of piperidine rings is 1. The molecule has 0 radical (unpaired) electrons. The predicted octanol–water partition coefficient (Wildman–Crippen LogP) is 2.91. The Labute approximate surface area is 118 Å². The van der Waals surface area contributed by atoms with Crippen LogP contribution in [-0.2, 0) is 0 Å². The maximum absolute atomic E-state index is 12.3. The number of hydrogen-bond acceptors (Lipinski definition) is 3. The van der Waals surface area contributed by atoms with Gasteiger partial charge in [-0.25, -0.2) is 0 Å². The van der Waals surface area contributed by atoms with Crippen LogP contribution < -0.4 is 0 Å². The Hall–Kier alpha value is -0.870. The standard InChI is InChI=1S/C15H21NO2S/c1-2-15(18)6-5-14(15)7-9-16(10-8-14)13(17)12-4-3-11-19-12/h3-4,11,18H,2,5-10H2,1H3. The van der Waals surface area contributed by atoms with Gasteiger partial charge in [-0.05, 0) is 43.6 Å². The van der Waals surface area contributed by atoms with Crippen molar-refractivity contribution < 1.29 is 9.90 Å². The van der Waals surface area contributed by atoms with E-state index in [1.165, 1.54) is 11.3 Å². The first-order valence-corrected chi connectivity index (χ1v) is 8.03. The molecule has 3 nitrogen and oxygen atoms in total. The summed E-state index contributed by atoms with van der Waals surface area (Å²) in [4.78, 5) is 15.1. The maximum Gasteiger partial charge on any atom is 0.263 e. The first-order valence-electron chi connectivity index (χ1n) is 7.15. The molecule has 1 atom stereocenters. The van der Waals surface area contributed by atoms with E-state index >= 15 is 0 Å². The Morgan fingerprint density at radius 3 is 2.58 bits per heavy atom. The fourth-order valence-corrected chi connectivity index (χ4v) is 4.42. The predicted molar refractivity (Wildman–Crippen MR) is 76.4 cm³/mol. The molecule has 4 heteroatoms. The molecule has 104 valence electrons. The summed E-state index contributed by atoms with van der Waals surface area (Å²) in [6.45, 7) is 3.65. The van der Waals surface area contributed by atoms with Crippen molar-refractivity contribution in [1.82, 2.24) is 4.90 Å². The highest BCUT2D eigenvalue weighted by Crippen LogP contribution is 2.57. The number of rotatable bonds is 2. The third-order valence-electron chi connectivity index (χ3n) is 5.33. The summed E-state index contributed by atoms with van der Waals surface area (Å²) < 4.78 is 0. The molecule has 1 saturated heterocycles. The molecule has 1 unspecified atom stereocenters. The Morgan fingerprint density at radius 2 is 2.11 bits per heavy atom. The first-order chi connectivity index (χ1) is 9.10. The summed E-state index contributed by atoms with van der Waals surface area (Å²) in [5, 5.41) is 12.5. The SMILES string of the molecule is CCC1(O)CCC12CCN(C(=O)c1cccs1)CC2. The lowest BCUT2D eigenvalue weighted by molar-refractivity contribution is -0.188. The largest absolute Gasteiger partial charge is 0.389 e. The second-order valence-corrected chi connectivity index (χ2v) is 6.88. The number of thiophene rings is 1. The molecule has 19 heavy (non-hydrogen) atoms. The molecule has 2 fully saturated rings. The van der Waals surface area contributed by atoms with E-state index < -0.39 is 5.60 Å². The maximum atomic E-state index is 12.3. The third kappa shape index (κ3) is 1.93. The summed E-state index contributed by atoms with van der Waals surface area (Å²) in [7, 11) is 0. The topological polar surface area (TPSA) is 40.5 Å². The van der Waals surface area contributed by atoms with Gasteiger partial charge in [0.05, 0.1) is 10.5 Å².